The van der Waals surface area contributed by atoms with Crippen molar-refractivity contribution >= 4 is 56.0 Å². The van der Waals surface area contributed by atoms with Gasteiger partial charge in [0.2, 0.25) is 11.8 Å². The smallest absolute Gasteiger partial charge is 0.248 e. The zero-order valence-corrected chi connectivity index (χ0v) is 27.9. The molecular formula is C29H52N10O2S2. The predicted octanol–water partition coefficient (Wildman–Crippen LogP) is 2.89. The number of nitrogens with two attached hydrogens (primary N) is 2. The summed E-state index contributed by atoms with van der Waals surface area (Å²) in [5, 5.41) is 17.8. The van der Waals surface area contributed by atoms with Crippen molar-refractivity contribution in [2.75, 3.05) is 65.4 Å². The molecule has 0 aromatic heterocycles. The van der Waals surface area contributed by atoms with E-state index in [-0.39, 0.29) is 28.1 Å². The molecule has 2 amide bonds. The van der Waals surface area contributed by atoms with Crippen LogP contribution in [0.25, 0.3) is 0 Å². The molecule has 0 aromatic rings. The molecule has 14 heteroatoms. The van der Waals surface area contributed by atoms with Crippen LogP contribution in [0.2, 0.25) is 0 Å². The van der Waals surface area contributed by atoms with E-state index < -0.39 is 0 Å². The van der Waals surface area contributed by atoms with Gasteiger partial charge in [0.1, 0.15) is 0 Å². The topological polar surface area (TPSA) is 172 Å². The molecule has 0 aromatic carbocycles. The van der Waals surface area contributed by atoms with Crippen molar-refractivity contribution in [2.24, 2.45) is 39.2 Å². The monoisotopic (exact) mass is 636 g/mol. The Bertz CT molecular complexity index is 1010. The Kier molecular flexibility index (Phi) is 14.8. The normalized spacial score (nSPS) is 20.6. The third-order valence-corrected chi connectivity index (χ3v) is 9.66. The average molecular weight is 637 g/mol. The second kappa shape index (κ2) is 18.0. The van der Waals surface area contributed by atoms with Crippen LogP contribution in [0.5, 0.6) is 0 Å². The standard InChI is InChI=1S/C29H52N10O2S2/c1-21(2)18-25(41)35-27(31)43-29(33)39-16-12-37(13-17-39)20-22(3)19-36-10-14-38(15-11-36)28(32)42-26(30)34-24(40)9-8-23-6-4-5-7-23/h21-23,32-33H,4-20H2,1-3H3,(H2,30,34,40)(H2,31,35,41). The first-order valence-corrected chi connectivity index (χ1v) is 17.3. The lowest BCUT2D eigenvalue weighted by Gasteiger charge is -2.39. The highest BCUT2D eigenvalue weighted by Gasteiger charge is 2.25. The summed E-state index contributed by atoms with van der Waals surface area (Å²) in [5.74, 6) is 0.962. The Morgan fingerprint density at radius 3 is 1.65 bits per heavy atom. The molecule has 2 saturated heterocycles. The van der Waals surface area contributed by atoms with Crippen molar-refractivity contribution in [3.63, 3.8) is 0 Å². The second-order valence-corrected chi connectivity index (χ2v) is 14.5. The number of amidine groups is 4. The van der Waals surface area contributed by atoms with Crippen LogP contribution in [0.3, 0.4) is 0 Å². The number of nitrogens with zero attached hydrogens (tertiary/aromatic N) is 6. The number of nitrogens with one attached hydrogen (secondary N) is 2. The number of piperazine rings is 2. The third kappa shape index (κ3) is 13.2. The van der Waals surface area contributed by atoms with Crippen LogP contribution < -0.4 is 11.5 Å². The van der Waals surface area contributed by atoms with E-state index in [1.54, 1.807) is 0 Å². The van der Waals surface area contributed by atoms with Crippen molar-refractivity contribution < 1.29 is 9.59 Å². The van der Waals surface area contributed by atoms with E-state index in [0.29, 0.717) is 35.0 Å². The van der Waals surface area contributed by atoms with Gasteiger partial charge < -0.3 is 21.3 Å². The second-order valence-electron chi connectivity index (χ2n) is 12.5. The van der Waals surface area contributed by atoms with Gasteiger partial charge >= 0.3 is 0 Å². The van der Waals surface area contributed by atoms with Gasteiger partial charge in [0.25, 0.3) is 0 Å². The van der Waals surface area contributed by atoms with Crippen LogP contribution in [0, 0.1) is 28.6 Å². The van der Waals surface area contributed by atoms with E-state index in [0.717, 1.165) is 95.4 Å². The summed E-state index contributed by atoms with van der Waals surface area (Å²) in [6.45, 7) is 14.7. The van der Waals surface area contributed by atoms with E-state index in [2.05, 4.69) is 26.7 Å². The lowest BCUT2D eigenvalue weighted by Crippen LogP contribution is -2.51. The fourth-order valence-electron chi connectivity index (χ4n) is 5.90. The molecule has 6 N–H and O–H groups in total. The summed E-state index contributed by atoms with van der Waals surface area (Å²) < 4.78 is 0. The molecule has 1 unspecified atom stereocenters. The van der Waals surface area contributed by atoms with Gasteiger partial charge in [-0.3, -0.25) is 30.2 Å². The number of rotatable bonds is 9. The van der Waals surface area contributed by atoms with Crippen molar-refractivity contribution in [3.8, 4) is 0 Å². The third-order valence-electron chi connectivity index (χ3n) is 8.16. The molecular weight excluding hydrogens is 585 g/mol. The zero-order valence-electron chi connectivity index (χ0n) is 26.2. The molecule has 242 valence electrons. The fourth-order valence-corrected chi connectivity index (χ4v) is 7.22. The maximum Gasteiger partial charge on any atom is 0.248 e. The quantitative estimate of drug-likeness (QED) is 0.218. The van der Waals surface area contributed by atoms with Crippen LogP contribution in [-0.4, -0.2) is 118 Å². The molecule has 3 aliphatic rings. The van der Waals surface area contributed by atoms with Crippen LogP contribution in [0.15, 0.2) is 9.98 Å². The fraction of sp³-hybridized carbons (Fsp3) is 0.793. The molecule has 0 spiro atoms. The van der Waals surface area contributed by atoms with Crippen LogP contribution in [0.1, 0.15) is 65.7 Å². The summed E-state index contributed by atoms with van der Waals surface area (Å²) >= 11 is 2.14. The van der Waals surface area contributed by atoms with Crippen LogP contribution in [0.4, 0.5) is 0 Å². The molecule has 2 heterocycles. The van der Waals surface area contributed by atoms with Gasteiger partial charge in [-0.2, -0.15) is 9.98 Å². The largest absolute Gasteiger partial charge is 0.378 e. The number of hydrogen-bond donors (Lipinski definition) is 4. The van der Waals surface area contributed by atoms with Gasteiger partial charge in [-0.25, -0.2) is 0 Å². The maximum absolute atomic E-state index is 12.2. The van der Waals surface area contributed by atoms with Crippen molar-refractivity contribution in [2.45, 2.75) is 65.7 Å². The predicted molar refractivity (Wildman–Crippen MR) is 180 cm³/mol. The lowest BCUT2D eigenvalue weighted by molar-refractivity contribution is -0.119. The SMILES string of the molecule is CC(C)CC(=O)N=C(N)SC(=N)N1CCN(CC(C)CN2CCN(C(=N)SC(N)=NC(=O)CCC3CCCC3)CC2)CC1. The number of hydrogen-bond acceptors (Lipinski definition) is 8. The first-order chi connectivity index (χ1) is 20.5. The first-order valence-electron chi connectivity index (χ1n) is 15.7. The molecule has 1 saturated carbocycles. The van der Waals surface area contributed by atoms with E-state index in [4.69, 9.17) is 22.3 Å². The van der Waals surface area contributed by atoms with Crippen molar-refractivity contribution in [3.05, 3.63) is 0 Å². The van der Waals surface area contributed by atoms with E-state index in [1.165, 1.54) is 25.7 Å². The first kappa shape index (κ1) is 35.3. The van der Waals surface area contributed by atoms with Crippen molar-refractivity contribution in [1.82, 2.24) is 19.6 Å². The minimum Gasteiger partial charge on any atom is -0.378 e. The Hall–Kier alpha value is -2.16. The molecule has 1 aliphatic carbocycles. The van der Waals surface area contributed by atoms with E-state index >= 15 is 0 Å². The minimum atomic E-state index is -0.239. The number of thioether (sulfide) groups is 2. The number of carbonyl (C=O) groups excluding carboxylic acids is 2. The highest BCUT2D eigenvalue weighted by atomic mass is 32.2. The summed E-state index contributed by atoms with van der Waals surface area (Å²) in [5.41, 5.74) is 11.9. The summed E-state index contributed by atoms with van der Waals surface area (Å²) in [6.07, 6.45) is 6.68. The molecule has 1 atom stereocenters. The lowest BCUT2D eigenvalue weighted by atomic mass is 10.0. The number of carbonyl (C=O) groups is 2. The van der Waals surface area contributed by atoms with Crippen LogP contribution in [-0.2, 0) is 9.59 Å². The summed E-state index contributed by atoms with van der Waals surface area (Å²) in [7, 11) is 0. The van der Waals surface area contributed by atoms with Crippen molar-refractivity contribution in [1.29, 1.82) is 10.8 Å². The Balaban J connectivity index is 1.29. The van der Waals surface area contributed by atoms with Gasteiger partial charge in [0.15, 0.2) is 20.7 Å². The zero-order chi connectivity index (χ0) is 31.4. The molecule has 0 bridgehead atoms. The van der Waals surface area contributed by atoms with Gasteiger partial charge in [0.05, 0.1) is 0 Å². The van der Waals surface area contributed by atoms with Gasteiger partial charge in [0, 0.05) is 78.3 Å². The molecule has 3 rings (SSSR count). The molecule has 43 heavy (non-hydrogen) atoms. The molecule has 12 nitrogen and oxygen atoms in total. The Morgan fingerprint density at radius 1 is 0.767 bits per heavy atom. The summed E-state index contributed by atoms with van der Waals surface area (Å²) in [6, 6.07) is 0. The van der Waals surface area contributed by atoms with E-state index in [9.17, 15) is 9.59 Å². The number of amides is 2. The minimum absolute atomic E-state index is 0.136. The molecule has 0 radical (unpaired) electrons. The molecule has 2 aliphatic heterocycles. The maximum atomic E-state index is 12.2. The van der Waals surface area contributed by atoms with Crippen LogP contribution >= 0.6 is 23.5 Å². The highest BCUT2D eigenvalue weighted by Crippen LogP contribution is 2.28. The van der Waals surface area contributed by atoms with E-state index in [1.807, 2.05) is 23.6 Å². The summed E-state index contributed by atoms with van der Waals surface area (Å²) in [4.78, 5) is 40.9. The number of aliphatic imine (C=N–C) groups is 2. The highest BCUT2D eigenvalue weighted by molar-refractivity contribution is 8.26. The average Bonchev–Trinajstić information content (AvgIpc) is 3.46. The molecule has 3 fully saturated rings. The Labute approximate surface area is 265 Å². The Morgan fingerprint density at radius 2 is 1.21 bits per heavy atom. The van der Waals surface area contributed by atoms with Gasteiger partial charge in [-0.15, -0.1) is 0 Å². The van der Waals surface area contributed by atoms with Gasteiger partial charge in [-0.05, 0) is 47.7 Å². The van der Waals surface area contributed by atoms with Gasteiger partial charge in [-0.1, -0.05) is 46.5 Å².